The van der Waals surface area contributed by atoms with Crippen LogP contribution < -0.4 is 5.32 Å². The molecular weight excluding hydrogens is 146 g/mol. The van der Waals surface area contributed by atoms with Crippen LogP contribution in [0.1, 0.15) is 26.2 Å². The predicted octanol–water partition coefficient (Wildman–Crippen LogP) is 3.02. The Morgan fingerprint density at radius 3 is 2.83 bits per heavy atom. The second kappa shape index (κ2) is 8.12. The van der Waals surface area contributed by atoms with Crippen LogP contribution in [0.3, 0.4) is 0 Å². The second-order valence-corrected chi connectivity index (χ2v) is 2.78. The fraction of sp³-hybridized carbons (Fsp3) is 0.455. The van der Waals surface area contributed by atoms with Gasteiger partial charge in [-0.2, -0.15) is 0 Å². The summed E-state index contributed by atoms with van der Waals surface area (Å²) in [5, 5.41) is 3.00. The largest absolute Gasteiger partial charge is 0.388 e. The molecule has 0 fully saturated rings. The summed E-state index contributed by atoms with van der Waals surface area (Å²) in [5.41, 5.74) is 1.21. The van der Waals surface area contributed by atoms with E-state index in [1.54, 1.807) is 6.20 Å². The summed E-state index contributed by atoms with van der Waals surface area (Å²) < 4.78 is 0. The molecule has 0 saturated carbocycles. The molecule has 1 N–H and O–H groups in total. The van der Waals surface area contributed by atoms with Crippen molar-refractivity contribution in [1.82, 2.24) is 5.32 Å². The number of nitrogens with one attached hydrogen (secondary N) is 1. The highest BCUT2D eigenvalue weighted by molar-refractivity contribution is 5.14. The van der Waals surface area contributed by atoms with Gasteiger partial charge in [0.25, 0.3) is 0 Å². The highest BCUT2D eigenvalue weighted by atomic mass is 14.8. The van der Waals surface area contributed by atoms with Crippen LogP contribution in [0.2, 0.25) is 0 Å². The molecule has 0 aromatic heterocycles. The number of rotatable bonds is 7. The number of hydrogen-bond donors (Lipinski definition) is 1. The van der Waals surface area contributed by atoms with Crippen LogP contribution in [-0.2, 0) is 0 Å². The molecule has 0 spiro atoms. The molecule has 1 nitrogen and oxygen atoms in total. The first kappa shape index (κ1) is 11.0. The van der Waals surface area contributed by atoms with Gasteiger partial charge in [-0.3, -0.25) is 0 Å². The van der Waals surface area contributed by atoms with Crippen molar-refractivity contribution in [2.45, 2.75) is 26.2 Å². The van der Waals surface area contributed by atoms with Crippen LogP contribution in [0.15, 0.2) is 37.1 Å². The average Bonchev–Trinajstić information content (AvgIpc) is 2.09. The zero-order valence-electron chi connectivity index (χ0n) is 7.97. The molecule has 0 aromatic carbocycles. The van der Waals surface area contributed by atoms with Crippen LogP contribution in [0, 0.1) is 0 Å². The lowest BCUT2D eigenvalue weighted by molar-refractivity contribution is 0.799. The Bertz CT molecular complexity index is 156. The van der Waals surface area contributed by atoms with Gasteiger partial charge in [0.2, 0.25) is 0 Å². The quantitative estimate of drug-likeness (QED) is 0.451. The summed E-state index contributed by atoms with van der Waals surface area (Å²) in [6, 6.07) is 0. The Hall–Kier alpha value is -0.980. The third-order valence-corrected chi connectivity index (χ3v) is 1.59. The molecule has 0 rings (SSSR count). The first-order valence-electron chi connectivity index (χ1n) is 4.49. The predicted molar refractivity (Wildman–Crippen MR) is 56.0 cm³/mol. The van der Waals surface area contributed by atoms with E-state index in [1.807, 2.05) is 0 Å². The summed E-state index contributed by atoms with van der Waals surface area (Å²) in [5.74, 6) is 0. The van der Waals surface area contributed by atoms with Crippen LogP contribution in [0.25, 0.3) is 0 Å². The van der Waals surface area contributed by atoms with Gasteiger partial charge in [-0.25, -0.2) is 0 Å². The van der Waals surface area contributed by atoms with Crippen LogP contribution in [0.5, 0.6) is 0 Å². The lowest BCUT2D eigenvalue weighted by Gasteiger charge is -1.97. The Morgan fingerprint density at radius 2 is 2.25 bits per heavy atom. The number of unbranched alkanes of at least 4 members (excludes halogenated alkanes) is 1. The highest BCUT2D eigenvalue weighted by Crippen LogP contribution is 2.05. The van der Waals surface area contributed by atoms with E-state index >= 15 is 0 Å². The smallest absolute Gasteiger partial charge is 0.0328 e. The molecule has 0 saturated heterocycles. The molecule has 0 aliphatic rings. The van der Waals surface area contributed by atoms with Crippen molar-refractivity contribution in [3.63, 3.8) is 0 Å². The van der Waals surface area contributed by atoms with Gasteiger partial charge in [0.15, 0.2) is 0 Å². The fourth-order valence-electron chi connectivity index (χ4n) is 0.864. The van der Waals surface area contributed by atoms with E-state index in [0.717, 1.165) is 13.0 Å². The summed E-state index contributed by atoms with van der Waals surface area (Å²) in [4.78, 5) is 0. The van der Waals surface area contributed by atoms with Crippen molar-refractivity contribution in [1.29, 1.82) is 0 Å². The Kier molecular flexibility index (Phi) is 7.46. The monoisotopic (exact) mass is 165 g/mol. The molecule has 0 heterocycles. The molecule has 0 atom stereocenters. The summed E-state index contributed by atoms with van der Waals surface area (Å²) >= 11 is 0. The van der Waals surface area contributed by atoms with E-state index < -0.39 is 0 Å². The fourth-order valence-corrected chi connectivity index (χ4v) is 0.864. The van der Waals surface area contributed by atoms with E-state index in [1.165, 1.54) is 18.4 Å². The van der Waals surface area contributed by atoms with Crippen LogP contribution in [-0.4, -0.2) is 6.54 Å². The van der Waals surface area contributed by atoms with Gasteiger partial charge >= 0.3 is 0 Å². The van der Waals surface area contributed by atoms with Gasteiger partial charge in [0.05, 0.1) is 0 Å². The zero-order chi connectivity index (χ0) is 9.23. The number of hydrogen-bond acceptors (Lipinski definition) is 1. The van der Waals surface area contributed by atoms with Gasteiger partial charge < -0.3 is 5.32 Å². The highest BCUT2D eigenvalue weighted by Gasteiger charge is 1.86. The van der Waals surface area contributed by atoms with E-state index in [9.17, 15) is 0 Å². The molecule has 12 heavy (non-hydrogen) atoms. The van der Waals surface area contributed by atoms with E-state index in [2.05, 4.69) is 37.6 Å². The van der Waals surface area contributed by atoms with Crippen molar-refractivity contribution < 1.29 is 0 Å². The van der Waals surface area contributed by atoms with Gasteiger partial charge in [-0.15, -0.1) is 0 Å². The molecule has 0 aliphatic heterocycles. The summed E-state index contributed by atoms with van der Waals surface area (Å²) in [6.45, 7) is 10.5. The lowest BCUT2D eigenvalue weighted by atomic mass is 10.1. The Labute approximate surface area is 75.9 Å². The molecule has 0 aliphatic carbocycles. The van der Waals surface area contributed by atoms with Gasteiger partial charge in [0, 0.05) is 6.54 Å². The maximum absolute atomic E-state index is 3.95. The minimum absolute atomic E-state index is 0.842. The normalized spacial score (nSPS) is 10.1. The average molecular weight is 165 g/mol. The van der Waals surface area contributed by atoms with Crippen molar-refractivity contribution in [2.75, 3.05) is 6.54 Å². The SMILES string of the molecule is C=CNC/C=C\C(=C)CCCC. The van der Waals surface area contributed by atoms with Crippen molar-refractivity contribution >= 4 is 0 Å². The minimum atomic E-state index is 0.842. The van der Waals surface area contributed by atoms with E-state index in [-0.39, 0.29) is 0 Å². The van der Waals surface area contributed by atoms with Crippen LogP contribution in [0.4, 0.5) is 0 Å². The van der Waals surface area contributed by atoms with Crippen molar-refractivity contribution in [3.8, 4) is 0 Å². The summed E-state index contributed by atoms with van der Waals surface area (Å²) in [7, 11) is 0. The van der Waals surface area contributed by atoms with Gasteiger partial charge in [0.1, 0.15) is 0 Å². The molecule has 1 heteroatoms. The molecule has 0 aromatic rings. The maximum atomic E-state index is 3.95. The second-order valence-electron chi connectivity index (χ2n) is 2.78. The lowest BCUT2D eigenvalue weighted by Crippen LogP contribution is -2.02. The van der Waals surface area contributed by atoms with E-state index in [4.69, 9.17) is 0 Å². The Morgan fingerprint density at radius 1 is 1.50 bits per heavy atom. The number of allylic oxidation sites excluding steroid dienone is 2. The van der Waals surface area contributed by atoms with Gasteiger partial charge in [-0.05, 0) is 19.0 Å². The molecule has 68 valence electrons. The molecule has 0 bridgehead atoms. The standard InChI is InChI=1S/C11H19N/c1-4-6-8-11(3)9-7-10-12-5-2/h5,7,9,12H,2-4,6,8,10H2,1H3/b9-7-. The topological polar surface area (TPSA) is 12.0 Å². The van der Waals surface area contributed by atoms with Gasteiger partial charge in [-0.1, -0.05) is 44.2 Å². The zero-order valence-corrected chi connectivity index (χ0v) is 7.97. The first-order chi connectivity index (χ1) is 5.81. The third kappa shape index (κ3) is 7.13. The molecule has 0 radical (unpaired) electrons. The minimum Gasteiger partial charge on any atom is -0.388 e. The molecule has 0 unspecified atom stereocenters. The molecule has 0 amide bonds. The van der Waals surface area contributed by atoms with E-state index in [0.29, 0.717) is 0 Å². The summed E-state index contributed by atoms with van der Waals surface area (Å²) in [6.07, 6.45) is 9.42. The third-order valence-electron chi connectivity index (χ3n) is 1.59. The van der Waals surface area contributed by atoms with Crippen LogP contribution >= 0.6 is 0 Å². The maximum Gasteiger partial charge on any atom is 0.0328 e. The van der Waals surface area contributed by atoms with Crippen molar-refractivity contribution in [2.24, 2.45) is 0 Å². The Balaban J connectivity index is 3.39. The molecular formula is C11H19N. The van der Waals surface area contributed by atoms with Crippen molar-refractivity contribution in [3.05, 3.63) is 37.1 Å². The first-order valence-corrected chi connectivity index (χ1v) is 4.49.